The number of rotatable bonds is 8. The number of aliphatic hydroxyl groups is 1. The first-order valence-electron chi connectivity index (χ1n) is 11.3. The third-order valence-electron chi connectivity index (χ3n) is 5.98. The lowest BCUT2D eigenvalue weighted by atomic mass is 9.92. The van der Waals surface area contributed by atoms with E-state index < -0.39 is 0 Å². The number of aliphatic imine (C=N–C) groups is 1. The Kier molecular flexibility index (Phi) is 9.25. The Morgan fingerprint density at radius 2 is 2.07 bits per heavy atom. The van der Waals surface area contributed by atoms with Crippen LogP contribution in [0.3, 0.4) is 0 Å². The quantitative estimate of drug-likeness (QED) is 0.450. The standard InChI is InChI=1S/C26H36N2O2/c1-6-7-8-9-10-11-12-13-14-15-16-19(2)17-22-18-20(3)24(27-22)23-25(29)21(4)28(5)26(23)30/h14-15,19-22,29H,6-9,16-18H2,1-5H3. The van der Waals surface area contributed by atoms with Crippen molar-refractivity contribution < 1.29 is 9.90 Å². The van der Waals surface area contributed by atoms with E-state index in [0.29, 0.717) is 11.5 Å². The molecule has 0 aromatic heterocycles. The molecule has 30 heavy (non-hydrogen) atoms. The van der Waals surface area contributed by atoms with E-state index in [0.717, 1.165) is 37.8 Å². The van der Waals surface area contributed by atoms with Gasteiger partial charge in [0.25, 0.3) is 5.91 Å². The Morgan fingerprint density at radius 3 is 2.73 bits per heavy atom. The zero-order valence-corrected chi connectivity index (χ0v) is 19.2. The summed E-state index contributed by atoms with van der Waals surface area (Å²) in [7, 11) is 1.73. The summed E-state index contributed by atoms with van der Waals surface area (Å²) in [5, 5.41) is 10.4. The minimum Gasteiger partial charge on any atom is -0.509 e. The average molecular weight is 409 g/mol. The van der Waals surface area contributed by atoms with Gasteiger partial charge in [-0.2, -0.15) is 0 Å². The smallest absolute Gasteiger partial charge is 0.259 e. The van der Waals surface area contributed by atoms with Gasteiger partial charge in [0.1, 0.15) is 11.3 Å². The second kappa shape index (κ2) is 11.7. The Morgan fingerprint density at radius 1 is 1.30 bits per heavy atom. The van der Waals surface area contributed by atoms with Crippen molar-refractivity contribution >= 4 is 11.6 Å². The van der Waals surface area contributed by atoms with Crippen LogP contribution >= 0.6 is 0 Å². The van der Waals surface area contributed by atoms with E-state index >= 15 is 0 Å². The van der Waals surface area contributed by atoms with E-state index in [2.05, 4.69) is 50.5 Å². The first kappa shape index (κ1) is 23.8. The molecule has 4 heteroatoms. The molecule has 0 aromatic carbocycles. The minimum atomic E-state index is -0.271. The summed E-state index contributed by atoms with van der Waals surface area (Å²) in [6.45, 7) is 8.35. The van der Waals surface area contributed by atoms with Crippen molar-refractivity contribution in [2.45, 2.75) is 84.7 Å². The molecular weight excluding hydrogens is 372 g/mol. The molecule has 0 aromatic rings. The highest BCUT2D eigenvalue weighted by molar-refractivity contribution is 6.24. The van der Waals surface area contributed by atoms with Crippen LogP contribution in [0.25, 0.3) is 0 Å². The number of aliphatic hydroxyl groups excluding tert-OH is 1. The number of unbranched alkanes of at least 4 members (excludes halogenated alkanes) is 3. The highest BCUT2D eigenvalue weighted by Crippen LogP contribution is 2.33. The minimum absolute atomic E-state index is 0.116. The number of likely N-dealkylation sites (N-methyl/N-ethyl adjacent to an activating group) is 1. The van der Waals surface area contributed by atoms with Crippen LogP contribution in [-0.4, -0.2) is 40.8 Å². The Hall–Kier alpha value is -2.46. The molecule has 162 valence electrons. The zero-order chi connectivity index (χ0) is 22.1. The summed E-state index contributed by atoms with van der Waals surface area (Å²) in [4.78, 5) is 18.9. The number of hydrogen-bond donors (Lipinski definition) is 1. The maximum atomic E-state index is 12.5. The molecule has 4 unspecified atom stereocenters. The van der Waals surface area contributed by atoms with Crippen LogP contribution in [-0.2, 0) is 4.79 Å². The van der Waals surface area contributed by atoms with Crippen LogP contribution in [0, 0.1) is 35.5 Å². The van der Waals surface area contributed by atoms with Crippen LogP contribution in [0.1, 0.15) is 72.6 Å². The molecule has 0 bridgehead atoms. The van der Waals surface area contributed by atoms with Crippen molar-refractivity contribution in [1.29, 1.82) is 0 Å². The number of carbonyl (C=O) groups excluding carboxylic acids is 1. The van der Waals surface area contributed by atoms with Gasteiger partial charge in [-0.3, -0.25) is 9.79 Å². The van der Waals surface area contributed by atoms with Gasteiger partial charge in [-0.15, -0.1) is 0 Å². The summed E-state index contributed by atoms with van der Waals surface area (Å²) in [6.07, 6.45) is 11.4. The molecule has 0 radical (unpaired) electrons. The highest BCUT2D eigenvalue weighted by atomic mass is 16.3. The summed E-state index contributed by atoms with van der Waals surface area (Å²) in [5.74, 6) is 12.6. The summed E-state index contributed by atoms with van der Waals surface area (Å²) in [6, 6.07) is -0.0690. The first-order chi connectivity index (χ1) is 14.4. The fraction of sp³-hybridized carbons (Fsp3) is 0.615. The van der Waals surface area contributed by atoms with Gasteiger partial charge in [-0.1, -0.05) is 51.5 Å². The van der Waals surface area contributed by atoms with E-state index in [-0.39, 0.29) is 29.7 Å². The van der Waals surface area contributed by atoms with E-state index in [1.807, 2.05) is 13.0 Å². The van der Waals surface area contributed by atoms with Gasteiger partial charge in [0.2, 0.25) is 0 Å². The van der Waals surface area contributed by atoms with Gasteiger partial charge in [-0.25, -0.2) is 0 Å². The van der Waals surface area contributed by atoms with Crippen LogP contribution in [0.4, 0.5) is 0 Å². The maximum absolute atomic E-state index is 12.5. The third kappa shape index (κ3) is 6.27. The molecule has 2 aliphatic rings. The number of amides is 1. The SMILES string of the molecule is CCCCCC#CC#CC=CCC(C)CC1CC(C)C(C2=C(O)C(C)N(C)C2=O)=N1. The van der Waals surface area contributed by atoms with E-state index in [1.54, 1.807) is 11.9 Å². The molecule has 4 nitrogen and oxygen atoms in total. The second-order valence-electron chi connectivity index (χ2n) is 8.66. The molecule has 0 fully saturated rings. The number of carbonyl (C=O) groups is 1. The molecule has 0 saturated carbocycles. The summed E-state index contributed by atoms with van der Waals surface area (Å²) in [5.41, 5.74) is 1.21. The normalized spacial score (nSPS) is 24.6. The number of allylic oxidation sites excluding steroid dienone is 2. The summed E-state index contributed by atoms with van der Waals surface area (Å²) < 4.78 is 0. The first-order valence-corrected chi connectivity index (χ1v) is 11.3. The van der Waals surface area contributed by atoms with Gasteiger partial charge in [-0.05, 0) is 56.4 Å². The molecule has 0 saturated heterocycles. The molecule has 2 heterocycles. The Bertz CT molecular complexity index is 829. The molecule has 0 aliphatic carbocycles. The fourth-order valence-corrected chi connectivity index (χ4v) is 4.02. The van der Waals surface area contributed by atoms with Crippen LogP contribution in [0.2, 0.25) is 0 Å². The largest absolute Gasteiger partial charge is 0.509 e. The molecule has 1 N–H and O–H groups in total. The highest BCUT2D eigenvalue weighted by Gasteiger charge is 2.40. The van der Waals surface area contributed by atoms with Crippen molar-refractivity contribution in [3.8, 4) is 23.7 Å². The fourth-order valence-electron chi connectivity index (χ4n) is 4.02. The van der Waals surface area contributed by atoms with Gasteiger partial charge in [0.05, 0.1) is 17.8 Å². The van der Waals surface area contributed by atoms with Crippen LogP contribution < -0.4 is 0 Å². The molecule has 0 spiro atoms. The predicted octanol–water partition coefficient (Wildman–Crippen LogP) is 5.07. The van der Waals surface area contributed by atoms with Gasteiger partial charge >= 0.3 is 0 Å². The van der Waals surface area contributed by atoms with Crippen LogP contribution in [0.15, 0.2) is 28.5 Å². The lowest BCUT2D eigenvalue weighted by Gasteiger charge is -2.15. The Labute approximate surface area is 182 Å². The number of hydrogen-bond acceptors (Lipinski definition) is 3. The van der Waals surface area contributed by atoms with Crippen molar-refractivity contribution in [2.75, 3.05) is 7.05 Å². The van der Waals surface area contributed by atoms with Crippen molar-refractivity contribution in [2.24, 2.45) is 16.8 Å². The maximum Gasteiger partial charge on any atom is 0.259 e. The van der Waals surface area contributed by atoms with Gasteiger partial charge in [0, 0.05) is 19.4 Å². The molecule has 2 aliphatic heterocycles. The van der Waals surface area contributed by atoms with Crippen molar-refractivity contribution in [3.05, 3.63) is 23.5 Å². The number of nitrogens with zero attached hydrogens (tertiary/aromatic N) is 2. The molecule has 4 atom stereocenters. The van der Waals surface area contributed by atoms with Gasteiger partial charge in [0.15, 0.2) is 0 Å². The molecule has 2 rings (SSSR count). The van der Waals surface area contributed by atoms with E-state index in [4.69, 9.17) is 4.99 Å². The van der Waals surface area contributed by atoms with E-state index in [1.165, 1.54) is 12.8 Å². The molecular formula is C26H36N2O2. The molecule has 1 amide bonds. The predicted molar refractivity (Wildman–Crippen MR) is 124 cm³/mol. The zero-order valence-electron chi connectivity index (χ0n) is 19.2. The lowest BCUT2D eigenvalue weighted by molar-refractivity contribution is -0.125. The third-order valence-corrected chi connectivity index (χ3v) is 5.98. The van der Waals surface area contributed by atoms with Gasteiger partial charge < -0.3 is 10.0 Å². The van der Waals surface area contributed by atoms with Crippen molar-refractivity contribution in [1.82, 2.24) is 4.90 Å². The monoisotopic (exact) mass is 408 g/mol. The van der Waals surface area contributed by atoms with E-state index in [9.17, 15) is 9.90 Å². The summed E-state index contributed by atoms with van der Waals surface area (Å²) >= 11 is 0. The van der Waals surface area contributed by atoms with Crippen molar-refractivity contribution in [3.63, 3.8) is 0 Å². The lowest BCUT2D eigenvalue weighted by Crippen LogP contribution is -2.30. The second-order valence-corrected chi connectivity index (χ2v) is 8.66. The average Bonchev–Trinajstić information content (AvgIpc) is 3.15. The topological polar surface area (TPSA) is 52.9 Å². The Balaban J connectivity index is 1.84. The van der Waals surface area contributed by atoms with Crippen LogP contribution in [0.5, 0.6) is 0 Å².